The average Bonchev–Trinajstić information content (AvgIpc) is 2.87. The molecular formula is C30H40BrP. The van der Waals surface area contributed by atoms with Crippen LogP contribution in [0.1, 0.15) is 71.1 Å². The topological polar surface area (TPSA) is 0 Å². The molecule has 0 atom stereocenters. The van der Waals surface area contributed by atoms with Gasteiger partial charge in [0.1, 0.15) is 0 Å². The number of benzene rings is 3. The third kappa shape index (κ3) is 5.92. The second-order valence-corrected chi connectivity index (χ2v) is 18.2. The molecule has 0 aliphatic rings. The van der Waals surface area contributed by atoms with Crippen molar-refractivity contribution in [2.45, 2.75) is 71.1 Å². The van der Waals surface area contributed by atoms with Crippen LogP contribution in [0.4, 0.5) is 0 Å². The van der Waals surface area contributed by atoms with Gasteiger partial charge in [-0.15, -0.1) is 0 Å². The average molecular weight is 512 g/mol. The van der Waals surface area contributed by atoms with E-state index >= 15 is 0 Å². The zero-order chi connectivity index (χ0) is 22.6. The molecule has 0 amide bonds. The first-order valence-corrected chi connectivity index (χ1v) is 17.0. The van der Waals surface area contributed by atoms with Crippen LogP contribution in [0.25, 0.3) is 0 Å². The van der Waals surface area contributed by atoms with E-state index in [1.807, 2.05) is 0 Å². The Kier molecular flexibility index (Phi) is 10.0. The summed E-state index contributed by atoms with van der Waals surface area (Å²) < 4.78 is 0. The SMILES string of the molecule is CCCCCCCCCCCCP(Br)(c1ccccc1)(c1ccccc1)c1ccccc1. The summed E-state index contributed by atoms with van der Waals surface area (Å²) in [6, 6.07) is 33.6. The quantitative estimate of drug-likeness (QED) is 0.150. The molecule has 0 aliphatic heterocycles. The first-order chi connectivity index (χ1) is 15.7. The standard InChI is InChI=1S/C30H40BrP/c1-2-3-4-5-6-7-8-9-10-20-27-32(31,28-21-14-11-15-22-28,29-23-16-12-17-24-29)30-25-18-13-19-26-30/h11-19,21-26H,2-10,20,27H2,1H3. The molecule has 0 heterocycles. The molecule has 0 aromatic heterocycles. The van der Waals surface area contributed by atoms with Gasteiger partial charge in [0.05, 0.1) is 0 Å². The van der Waals surface area contributed by atoms with Crippen molar-refractivity contribution in [3.05, 3.63) is 91.0 Å². The van der Waals surface area contributed by atoms with E-state index in [0.717, 1.165) is 0 Å². The number of hydrogen-bond acceptors (Lipinski definition) is 0. The number of rotatable bonds is 14. The van der Waals surface area contributed by atoms with Crippen LogP contribution in [0.3, 0.4) is 0 Å². The zero-order valence-corrected chi connectivity index (χ0v) is 22.2. The summed E-state index contributed by atoms with van der Waals surface area (Å²) in [4.78, 5) is 0. The maximum atomic E-state index is 4.57. The van der Waals surface area contributed by atoms with Crippen LogP contribution in [0, 0.1) is 0 Å². The van der Waals surface area contributed by atoms with Gasteiger partial charge in [0, 0.05) is 0 Å². The maximum absolute atomic E-state index is 4.57. The fourth-order valence-corrected chi connectivity index (χ4v) is 12.7. The second-order valence-electron chi connectivity index (χ2n) is 9.10. The molecular weight excluding hydrogens is 471 g/mol. The van der Waals surface area contributed by atoms with Crippen molar-refractivity contribution in [1.29, 1.82) is 0 Å². The van der Waals surface area contributed by atoms with Gasteiger partial charge in [-0.3, -0.25) is 0 Å². The van der Waals surface area contributed by atoms with E-state index in [4.69, 9.17) is 0 Å². The van der Waals surface area contributed by atoms with E-state index in [1.165, 1.54) is 86.3 Å². The Hall–Kier alpha value is -1.43. The number of hydrogen-bond donors (Lipinski definition) is 0. The molecule has 0 saturated carbocycles. The summed E-state index contributed by atoms with van der Waals surface area (Å²) >= 11 is 4.57. The van der Waals surface area contributed by atoms with Crippen molar-refractivity contribution in [2.24, 2.45) is 0 Å². The van der Waals surface area contributed by atoms with E-state index in [0.29, 0.717) is 0 Å². The molecule has 0 spiro atoms. The first-order valence-electron chi connectivity index (χ1n) is 12.6. The molecule has 0 fully saturated rings. The van der Waals surface area contributed by atoms with Gasteiger partial charge < -0.3 is 0 Å². The molecule has 0 saturated heterocycles. The molecule has 0 aliphatic carbocycles. The van der Waals surface area contributed by atoms with Crippen molar-refractivity contribution >= 4 is 36.7 Å². The van der Waals surface area contributed by atoms with Crippen molar-refractivity contribution in [3.63, 3.8) is 0 Å². The van der Waals surface area contributed by atoms with Crippen LogP contribution in [-0.2, 0) is 0 Å². The Morgan fingerprint density at radius 2 is 0.781 bits per heavy atom. The van der Waals surface area contributed by atoms with E-state index < -0.39 is 5.31 Å². The monoisotopic (exact) mass is 510 g/mol. The van der Waals surface area contributed by atoms with Gasteiger partial charge in [-0.05, 0) is 0 Å². The van der Waals surface area contributed by atoms with Crippen LogP contribution in [0.2, 0.25) is 0 Å². The third-order valence-corrected chi connectivity index (χ3v) is 16.8. The molecule has 0 bridgehead atoms. The van der Waals surface area contributed by atoms with Crippen LogP contribution in [-0.4, -0.2) is 6.16 Å². The second kappa shape index (κ2) is 12.7. The minimum atomic E-state index is -2.71. The summed E-state index contributed by atoms with van der Waals surface area (Å²) in [5.74, 6) is 0. The predicted octanol–water partition coefficient (Wildman–Crippen LogP) is 8.75. The molecule has 3 aromatic rings. The molecule has 0 N–H and O–H groups in total. The number of unbranched alkanes of at least 4 members (excludes halogenated alkanes) is 9. The molecule has 0 nitrogen and oxygen atoms in total. The molecule has 0 unspecified atom stereocenters. The van der Waals surface area contributed by atoms with Gasteiger partial charge in [0.15, 0.2) is 0 Å². The Morgan fingerprint density at radius 1 is 0.469 bits per heavy atom. The van der Waals surface area contributed by atoms with E-state index in [2.05, 4.69) is 113 Å². The van der Waals surface area contributed by atoms with Crippen molar-refractivity contribution in [3.8, 4) is 0 Å². The van der Waals surface area contributed by atoms with Crippen molar-refractivity contribution < 1.29 is 0 Å². The Morgan fingerprint density at radius 3 is 1.12 bits per heavy atom. The molecule has 3 aromatic carbocycles. The summed E-state index contributed by atoms with van der Waals surface area (Å²) in [6.45, 7) is 2.29. The molecule has 0 radical (unpaired) electrons. The first kappa shape index (κ1) is 25.2. The van der Waals surface area contributed by atoms with E-state index in [1.54, 1.807) is 0 Å². The van der Waals surface area contributed by atoms with Crippen LogP contribution >= 0.6 is 20.8 Å². The summed E-state index contributed by atoms with van der Waals surface area (Å²) in [7, 11) is 0. The molecule has 2 heteroatoms. The van der Waals surface area contributed by atoms with Crippen molar-refractivity contribution in [1.82, 2.24) is 0 Å². The Balaban J connectivity index is 1.78. The Bertz CT molecular complexity index is 792. The normalized spacial score (nSPS) is 12.9. The van der Waals surface area contributed by atoms with Gasteiger partial charge in [0.2, 0.25) is 0 Å². The zero-order valence-electron chi connectivity index (χ0n) is 19.8. The van der Waals surface area contributed by atoms with Gasteiger partial charge >= 0.3 is 205 Å². The minimum absolute atomic E-state index is 1.17. The van der Waals surface area contributed by atoms with Gasteiger partial charge in [-0.2, -0.15) is 0 Å². The fraction of sp³-hybridized carbons (Fsp3) is 0.400. The number of halogens is 1. The predicted molar refractivity (Wildman–Crippen MR) is 151 cm³/mol. The Labute approximate surface area is 204 Å². The third-order valence-electron chi connectivity index (χ3n) is 6.82. The summed E-state index contributed by atoms with van der Waals surface area (Å²) in [6.07, 6.45) is 14.8. The van der Waals surface area contributed by atoms with Gasteiger partial charge in [-0.1, -0.05) is 0 Å². The van der Waals surface area contributed by atoms with Crippen LogP contribution in [0.5, 0.6) is 0 Å². The van der Waals surface area contributed by atoms with E-state index in [9.17, 15) is 0 Å². The molecule has 3 rings (SSSR count). The van der Waals surface area contributed by atoms with Crippen molar-refractivity contribution in [2.75, 3.05) is 6.16 Å². The van der Waals surface area contributed by atoms with Gasteiger partial charge in [0.25, 0.3) is 0 Å². The van der Waals surface area contributed by atoms with Crippen LogP contribution in [0.15, 0.2) is 91.0 Å². The van der Waals surface area contributed by atoms with Crippen LogP contribution < -0.4 is 15.9 Å². The summed E-state index contributed by atoms with van der Waals surface area (Å²) in [5.41, 5.74) is 0. The molecule has 32 heavy (non-hydrogen) atoms. The summed E-state index contributed by atoms with van der Waals surface area (Å²) in [5, 5.41) is 1.60. The van der Waals surface area contributed by atoms with Gasteiger partial charge in [-0.25, -0.2) is 0 Å². The van der Waals surface area contributed by atoms with E-state index in [-0.39, 0.29) is 0 Å². The fourth-order valence-electron chi connectivity index (χ4n) is 4.95. The molecule has 172 valence electrons.